The monoisotopic (exact) mass is 375 g/mol. The molecule has 0 atom stereocenters. The lowest BCUT2D eigenvalue weighted by molar-refractivity contribution is -0.384. The molecule has 0 bridgehead atoms. The van der Waals surface area contributed by atoms with Crippen LogP contribution < -0.4 is 4.90 Å². The molecule has 6 nitrogen and oxygen atoms in total. The molecule has 8 heteroatoms. The van der Waals surface area contributed by atoms with E-state index in [4.69, 9.17) is 23.2 Å². The number of carbonyl (C=O) groups is 1. The van der Waals surface area contributed by atoms with Crippen LogP contribution in [0.25, 0.3) is 10.8 Å². The van der Waals surface area contributed by atoms with E-state index in [2.05, 4.69) is 4.98 Å². The van der Waals surface area contributed by atoms with Crippen LogP contribution in [-0.4, -0.2) is 16.3 Å². The second-order valence-corrected chi connectivity index (χ2v) is 6.01. The highest BCUT2D eigenvalue weighted by atomic mass is 35.5. The van der Waals surface area contributed by atoms with Gasteiger partial charge in [-0.1, -0.05) is 35.3 Å². The largest absolute Gasteiger partial charge is 0.310 e. The molecule has 0 fully saturated rings. The average Bonchev–Trinajstić information content (AvgIpc) is 2.61. The van der Waals surface area contributed by atoms with Crippen molar-refractivity contribution in [1.82, 2.24) is 4.98 Å². The van der Waals surface area contributed by atoms with Gasteiger partial charge in [0.1, 0.15) is 5.02 Å². The number of pyridine rings is 1. The van der Waals surface area contributed by atoms with Crippen LogP contribution in [0.15, 0.2) is 48.8 Å². The number of nitro benzene ring substituents is 1. The highest BCUT2D eigenvalue weighted by Gasteiger charge is 2.21. The third-order valence-corrected chi connectivity index (χ3v) is 4.56. The summed E-state index contributed by atoms with van der Waals surface area (Å²) in [5, 5.41) is 12.9. The van der Waals surface area contributed by atoms with Crippen LogP contribution in [0.1, 0.15) is 5.56 Å². The first kappa shape index (κ1) is 17.1. The minimum absolute atomic E-state index is 0.00425. The number of amides is 1. The molecule has 0 radical (unpaired) electrons. The number of nitrogens with zero attached hydrogens (tertiary/aromatic N) is 3. The highest BCUT2D eigenvalue weighted by Crippen LogP contribution is 2.35. The van der Waals surface area contributed by atoms with Gasteiger partial charge in [-0.05, 0) is 18.2 Å². The van der Waals surface area contributed by atoms with Crippen molar-refractivity contribution in [2.75, 3.05) is 4.90 Å². The number of hydrogen-bond donors (Lipinski definition) is 0. The number of carbonyl (C=O) groups excluding carboxylic acids is 1. The normalized spacial score (nSPS) is 10.6. The molecule has 0 aliphatic heterocycles. The van der Waals surface area contributed by atoms with Crippen molar-refractivity contribution in [3.8, 4) is 0 Å². The van der Waals surface area contributed by atoms with Crippen molar-refractivity contribution in [3.63, 3.8) is 0 Å². The van der Waals surface area contributed by atoms with Gasteiger partial charge in [0.25, 0.3) is 5.69 Å². The van der Waals surface area contributed by atoms with Crippen LogP contribution in [0.3, 0.4) is 0 Å². The topological polar surface area (TPSA) is 76.3 Å². The van der Waals surface area contributed by atoms with E-state index in [0.29, 0.717) is 17.7 Å². The van der Waals surface area contributed by atoms with Gasteiger partial charge in [-0.15, -0.1) is 0 Å². The molecule has 3 aromatic rings. The Morgan fingerprint density at radius 2 is 2.00 bits per heavy atom. The first-order valence-electron chi connectivity index (χ1n) is 7.19. The summed E-state index contributed by atoms with van der Waals surface area (Å²) in [6.07, 6.45) is 3.96. The predicted molar refractivity (Wildman–Crippen MR) is 97.1 cm³/mol. The Balaban J connectivity index is 2.08. The number of benzene rings is 2. The number of hydrogen-bond acceptors (Lipinski definition) is 4. The van der Waals surface area contributed by atoms with Gasteiger partial charge in [0.2, 0.25) is 6.41 Å². The van der Waals surface area contributed by atoms with Gasteiger partial charge in [0.05, 0.1) is 17.2 Å². The molecular weight excluding hydrogens is 365 g/mol. The van der Waals surface area contributed by atoms with Crippen molar-refractivity contribution >= 4 is 51.8 Å². The van der Waals surface area contributed by atoms with Crippen LogP contribution in [-0.2, 0) is 11.3 Å². The van der Waals surface area contributed by atoms with Gasteiger partial charge in [0, 0.05) is 39.8 Å². The summed E-state index contributed by atoms with van der Waals surface area (Å²) in [6, 6.07) is 9.88. The van der Waals surface area contributed by atoms with Crippen molar-refractivity contribution in [1.29, 1.82) is 0 Å². The van der Waals surface area contributed by atoms with E-state index in [1.54, 1.807) is 30.6 Å². The SMILES string of the molecule is O=CN(Cc1c(Cl)ccc([N+](=O)[O-])c1Cl)c1cccc2cnccc12. The van der Waals surface area contributed by atoms with Gasteiger partial charge in [0.15, 0.2) is 0 Å². The van der Waals surface area contributed by atoms with Crippen LogP contribution in [0.4, 0.5) is 11.4 Å². The van der Waals surface area contributed by atoms with Crippen molar-refractivity contribution in [2.24, 2.45) is 0 Å². The van der Waals surface area contributed by atoms with Gasteiger partial charge in [-0.25, -0.2) is 0 Å². The average molecular weight is 376 g/mol. The molecule has 0 saturated carbocycles. The zero-order valence-corrected chi connectivity index (χ0v) is 14.2. The Morgan fingerprint density at radius 3 is 2.72 bits per heavy atom. The molecule has 0 aliphatic carbocycles. The lowest BCUT2D eigenvalue weighted by Gasteiger charge is -2.20. The Morgan fingerprint density at radius 1 is 1.20 bits per heavy atom. The molecule has 25 heavy (non-hydrogen) atoms. The Hall–Kier alpha value is -2.70. The molecule has 1 aromatic heterocycles. The van der Waals surface area contributed by atoms with E-state index in [1.807, 2.05) is 6.07 Å². The van der Waals surface area contributed by atoms with E-state index in [1.165, 1.54) is 17.0 Å². The number of aromatic nitrogens is 1. The smallest absolute Gasteiger partial charge is 0.288 e. The molecule has 1 amide bonds. The van der Waals surface area contributed by atoms with E-state index >= 15 is 0 Å². The highest BCUT2D eigenvalue weighted by molar-refractivity contribution is 6.37. The van der Waals surface area contributed by atoms with E-state index in [9.17, 15) is 14.9 Å². The minimum Gasteiger partial charge on any atom is -0.310 e. The molecule has 1 heterocycles. The minimum atomic E-state index is -0.586. The second kappa shape index (κ2) is 7.04. The van der Waals surface area contributed by atoms with Crippen LogP contribution in [0, 0.1) is 10.1 Å². The molecule has 3 rings (SSSR count). The fourth-order valence-corrected chi connectivity index (χ4v) is 3.14. The number of rotatable bonds is 5. The summed E-state index contributed by atoms with van der Waals surface area (Å²) in [7, 11) is 0. The summed E-state index contributed by atoms with van der Waals surface area (Å²) in [5.41, 5.74) is 0.693. The second-order valence-electron chi connectivity index (χ2n) is 5.22. The summed E-state index contributed by atoms with van der Waals surface area (Å²) < 4.78 is 0. The number of anilines is 1. The first-order valence-corrected chi connectivity index (χ1v) is 7.94. The Bertz CT molecular complexity index is 973. The van der Waals surface area contributed by atoms with Crippen LogP contribution in [0.2, 0.25) is 10.0 Å². The maximum absolute atomic E-state index is 11.7. The van der Waals surface area contributed by atoms with Crippen molar-refractivity contribution in [2.45, 2.75) is 6.54 Å². The molecule has 2 aromatic carbocycles. The quantitative estimate of drug-likeness (QED) is 0.370. The summed E-state index contributed by atoms with van der Waals surface area (Å²) in [5.74, 6) is 0. The number of fused-ring (bicyclic) bond motifs is 1. The fraction of sp³-hybridized carbons (Fsp3) is 0.0588. The molecule has 0 N–H and O–H groups in total. The Labute approximate surface area is 152 Å². The fourth-order valence-electron chi connectivity index (χ4n) is 2.58. The summed E-state index contributed by atoms with van der Waals surface area (Å²) >= 11 is 12.3. The lowest BCUT2D eigenvalue weighted by atomic mass is 10.1. The zero-order chi connectivity index (χ0) is 18.0. The Kier molecular flexibility index (Phi) is 4.83. The molecule has 126 valence electrons. The lowest BCUT2D eigenvalue weighted by Crippen LogP contribution is -2.21. The third kappa shape index (κ3) is 3.26. The van der Waals surface area contributed by atoms with E-state index < -0.39 is 4.92 Å². The van der Waals surface area contributed by atoms with Crippen molar-refractivity contribution in [3.05, 3.63) is 74.5 Å². The third-order valence-electron chi connectivity index (χ3n) is 3.79. The maximum atomic E-state index is 11.7. The zero-order valence-electron chi connectivity index (χ0n) is 12.7. The standard InChI is InChI=1S/C17H11Cl2N3O3/c18-14-4-5-16(22(24)25)17(19)13(14)9-21(10-23)15-3-1-2-11-8-20-7-6-12(11)15/h1-8,10H,9H2. The van der Waals surface area contributed by atoms with Crippen LogP contribution in [0.5, 0.6) is 0 Å². The predicted octanol–water partition coefficient (Wildman–Crippen LogP) is 4.61. The summed E-state index contributed by atoms with van der Waals surface area (Å²) in [4.78, 5) is 27.6. The van der Waals surface area contributed by atoms with Crippen molar-refractivity contribution < 1.29 is 9.72 Å². The van der Waals surface area contributed by atoms with Gasteiger partial charge in [-0.3, -0.25) is 19.9 Å². The van der Waals surface area contributed by atoms with Gasteiger partial charge in [-0.2, -0.15) is 0 Å². The maximum Gasteiger partial charge on any atom is 0.288 e. The van der Waals surface area contributed by atoms with Crippen LogP contribution >= 0.6 is 23.2 Å². The molecule has 0 saturated heterocycles. The van der Waals surface area contributed by atoms with Gasteiger partial charge < -0.3 is 4.90 Å². The molecule has 0 spiro atoms. The van der Waals surface area contributed by atoms with Gasteiger partial charge >= 0.3 is 0 Å². The summed E-state index contributed by atoms with van der Waals surface area (Å²) in [6.45, 7) is 0.00425. The molecule has 0 aliphatic rings. The molecular formula is C17H11Cl2N3O3. The number of nitro groups is 1. The first-order chi connectivity index (χ1) is 12.0. The van der Waals surface area contributed by atoms with E-state index in [-0.39, 0.29) is 22.3 Å². The number of halogens is 2. The molecule has 0 unspecified atom stereocenters. The van der Waals surface area contributed by atoms with E-state index in [0.717, 1.165) is 10.8 Å².